The van der Waals surface area contributed by atoms with E-state index in [0.717, 1.165) is 37.2 Å². The molecule has 21 heavy (non-hydrogen) atoms. The number of nitrogens with zero attached hydrogens (tertiary/aromatic N) is 1. The topological polar surface area (TPSA) is 44.4 Å². The fraction of sp³-hybridized carbons (Fsp3) is 0.562. The van der Waals surface area contributed by atoms with Crippen LogP contribution in [-0.4, -0.2) is 43.5 Å². The molecule has 1 aliphatic rings. The van der Waals surface area contributed by atoms with Gasteiger partial charge in [0.05, 0.1) is 6.54 Å². The van der Waals surface area contributed by atoms with Crippen molar-refractivity contribution < 1.29 is 4.79 Å². The molecule has 1 aliphatic heterocycles. The van der Waals surface area contributed by atoms with Crippen LogP contribution in [0.15, 0.2) is 18.2 Å². The van der Waals surface area contributed by atoms with Crippen LogP contribution in [-0.2, 0) is 4.79 Å². The highest BCUT2D eigenvalue weighted by atomic mass is 35.5. The minimum atomic E-state index is 0.0279. The SMILES string of the molecule is Cc1cc(Cl)ccc1NC(=O)CN(C)C1CCCNCC1. The zero-order valence-electron chi connectivity index (χ0n) is 12.8. The molecule has 4 nitrogen and oxygen atoms in total. The van der Waals surface area contributed by atoms with Crippen molar-refractivity contribution in [2.45, 2.75) is 32.2 Å². The second kappa shape index (κ2) is 7.78. The minimum Gasteiger partial charge on any atom is -0.325 e. The Hall–Kier alpha value is -1.10. The van der Waals surface area contributed by atoms with Crippen molar-refractivity contribution in [3.63, 3.8) is 0 Å². The second-order valence-electron chi connectivity index (χ2n) is 5.76. The third kappa shape index (κ3) is 4.99. The summed E-state index contributed by atoms with van der Waals surface area (Å²) in [5.41, 5.74) is 1.82. The maximum atomic E-state index is 12.2. The van der Waals surface area contributed by atoms with E-state index in [9.17, 15) is 4.79 Å². The highest BCUT2D eigenvalue weighted by Crippen LogP contribution is 2.19. The van der Waals surface area contributed by atoms with Gasteiger partial charge in [-0.2, -0.15) is 0 Å². The number of hydrogen-bond donors (Lipinski definition) is 2. The molecule has 1 fully saturated rings. The lowest BCUT2D eigenvalue weighted by Crippen LogP contribution is -2.38. The van der Waals surface area contributed by atoms with E-state index in [1.807, 2.05) is 26.1 Å². The molecule has 1 aromatic carbocycles. The summed E-state index contributed by atoms with van der Waals surface area (Å²) >= 11 is 5.93. The summed E-state index contributed by atoms with van der Waals surface area (Å²) in [4.78, 5) is 14.3. The summed E-state index contributed by atoms with van der Waals surface area (Å²) in [6, 6.07) is 5.99. The molecule has 2 N–H and O–H groups in total. The van der Waals surface area contributed by atoms with Crippen LogP contribution in [0, 0.1) is 6.92 Å². The number of hydrogen-bond acceptors (Lipinski definition) is 3. The summed E-state index contributed by atoms with van der Waals surface area (Å²) in [7, 11) is 2.03. The molecule has 0 aromatic heterocycles. The first-order valence-electron chi connectivity index (χ1n) is 7.53. The van der Waals surface area contributed by atoms with Gasteiger partial charge in [-0.15, -0.1) is 0 Å². The Morgan fingerprint density at radius 3 is 3.00 bits per heavy atom. The quantitative estimate of drug-likeness (QED) is 0.899. The molecule has 2 rings (SSSR count). The molecule has 0 saturated carbocycles. The summed E-state index contributed by atoms with van der Waals surface area (Å²) in [5.74, 6) is 0.0279. The highest BCUT2D eigenvalue weighted by Gasteiger charge is 2.19. The van der Waals surface area contributed by atoms with Crippen molar-refractivity contribution in [1.29, 1.82) is 0 Å². The van der Waals surface area contributed by atoms with E-state index in [4.69, 9.17) is 11.6 Å². The molecule has 116 valence electrons. The number of rotatable bonds is 4. The monoisotopic (exact) mass is 309 g/mol. The molecular weight excluding hydrogens is 286 g/mol. The number of carbonyl (C=O) groups is 1. The zero-order chi connectivity index (χ0) is 15.2. The molecule has 1 atom stereocenters. The maximum Gasteiger partial charge on any atom is 0.238 e. The molecule has 1 heterocycles. The Balaban J connectivity index is 1.88. The van der Waals surface area contributed by atoms with Crippen LogP contribution in [0.4, 0.5) is 5.69 Å². The molecule has 1 aromatic rings. The Kier molecular flexibility index (Phi) is 6.03. The van der Waals surface area contributed by atoms with E-state index >= 15 is 0 Å². The zero-order valence-corrected chi connectivity index (χ0v) is 13.5. The molecule has 0 aliphatic carbocycles. The number of likely N-dealkylation sites (N-methyl/N-ethyl adjacent to an activating group) is 1. The van der Waals surface area contributed by atoms with E-state index in [0.29, 0.717) is 17.6 Å². The van der Waals surface area contributed by atoms with Gasteiger partial charge in [0, 0.05) is 16.8 Å². The smallest absolute Gasteiger partial charge is 0.238 e. The van der Waals surface area contributed by atoms with Crippen LogP contribution in [0.25, 0.3) is 0 Å². The second-order valence-corrected chi connectivity index (χ2v) is 6.19. The average molecular weight is 310 g/mol. The first-order valence-corrected chi connectivity index (χ1v) is 7.91. The lowest BCUT2D eigenvalue weighted by atomic mass is 10.1. The van der Waals surface area contributed by atoms with Crippen LogP contribution in [0.2, 0.25) is 5.02 Å². The van der Waals surface area contributed by atoms with Crippen molar-refractivity contribution in [3.8, 4) is 0 Å². The van der Waals surface area contributed by atoms with Gasteiger partial charge >= 0.3 is 0 Å². The van der Waals surface area contributed by atoms with Gasteiger partial charge in [0.25, 0.3) is 0 Å². The van der Waals surface area contributed by atoms with Gasteiger partial charge in [0.15, 0.2) is 0 Å². The van der Waals surface area contributed by atoms with Crippen LogP contribution in [0.1, 0.15) is 24.8 Å². The third-order valence-electron chi connectivity index (χ3n) is 4.02. The third-order valence-corrected chi connectivity index (χ3v) is 4.26. The first-order chi connectivity index (χ1) is 10.1. The number of benzene rings is 1. The van der Waals surface area contributed by atoms with Crippen molar-refractivity contribution in [2.75, 3.05) is 32.0 Å². The van der Waals surface area contributed by atoms with Gasteiger partial charge in [-0.1, -0.05) is 11.6 Å². The predicted octanol–water partition coefficient (Wildman–Crippen LogP) is 2.66. The van der Waals surface area contributed by atoms with Crippen molar-refractivity contribution in [3.05, 3.63) is 28.8 Å². The summed E-state index contributed by atoms with van der Waals surface area (Å²) in [5, 5.41) is 7.05. The van der Waals surface area contributed by atoms with E-state index in [-0.39, 0.29) is 5.91 Å². The summed E-state index contributed by atoms with van der Waals surface area (Å²) in [6.07, 6.45) is 3.42. The number of carbonyl (C=O) groups excluding carboxylic acids is 1. The van der Waals surface area contributed by atoms with Crippen LogP contribution in [0.5, 0.6) is 0 Å². The van der Waals surface area contributed by atoms with E-state index < -0.39 is 0 Å². The summed E-state index contributed by atoms with van der Waals surface area (Å²) < 4.78 is 0. The van der Waals surface area contributed by atoms with Crippen LogP contribution < -0.4 is 10.6 Å². The average Bonchev–Trinajstić information content (AvgIpc) is 2.71. The van der Waals surface area contributed by atoms with E-state index in [1.165, 1.54) is 6.42 Å². The Labute approximate surface area is 131 Å². The number of nitrogens with one attached hydrogen (secondary N) is 2. The predicted molar refractivity (Wildman–Crippen MR) is 88.0 cm³/mol. The Bertz CT molecular complexity index is 484. The lowest BCUT2D eigenvalue weighted by Gasteiger charge is -2.26. The van der Waals surface area contributed by atoms with Crippen molar-refractivity contribution in [2.24, 2.45) is 0 Å². The molecule has 1 saturated heterocycles. The number of aryl methyl sites for hydroxylation is 1. The van der Waals surface area contributed by atoms with Gasteiger partial charge in [0.1, 0.15) is 0 Å². The van der Waals surface area contributed by atoms with Crippen molar-refractivity contribution in [1.82, 2.24) is 10.2 Å². The lowest BCUT2D eigenvalue weighted by molar-refractivity contribution is -0.117. The normalized spacial score (nSPS) is 19.3. The molecule has 0 bridgehead atoms. The molecule has 1 unspecified atom stereocenters. The standard InChI is InChI=1S/C16H24ClN3O/c1-12-10-13(17)5-6-15(12)19-16(21)11-20(2)14-4-3-8-18-9-7-14/h5-6,10,14,18H,3-4,7-9,11H2,1-2H3,(H,19,21). The molecule has 0 radical (unpaired) electrons. The fourth-order valence-corrected chi connectivity index (χ4v) is 2.98. The molecular formula is C16H24ClN3O. The van der Waals surface area contributed by atoms with Gasteiger partial charge in [-0.25, -0.2) is 0 Å². The van der Waals surface area contributed by atoms with Crippen LogP contribution in [0.3, 0.4) is 0 Å². The minimum absolute atomic E-state index is 0.0279. The van der Waals surface area contributed by atoms with E-state index in [1.54, 1.807) is 6.07 Å². The van der Waals surface area contributed by atoms with Gasteiger partial charge in [-0.05, 0) is 70.1 Å². The largest absolute Gasteiger partial charge is 0.325 e. The van der Waals surface area contributed by atoms with Gasteiger partial charge < -0.3 is 10.6 Å². The fourth-order valence-electron chi connectivity index (χ4n) is 2.75. The number of amides is 1. The maximum absolute atomic E-state index is 12.2. The molecule has 5 heteroatoms. The number of halogens is 1. The Morgan fingerprint density at radius 2 is 2.24 bits per heavy atom. The molecule has 1 amide bonds. The number of anilines is 1. The highest BCUT2D eigenvalue weighted by molar-refractivity contribution is 6.30. The van der Waals surface area contributed by atoms with Gasteiger partial charge in [-0.3, -0.25) is 9.69 Å². The summed E-state index contributed by atoms with van der Waals surface area (Å²) in [6.45, 7) is 4.49. The van der Waals surface area contributed by atoms with E-state index in [2.05, 4.69) is 15.5 Å². The van der Waals surface area contributed by atoms with Crippen LogP contribution >= 0.6 is 11.6 Å². The molecule has 0 spiro atoms. The van der Waals surface area contributed by atoms with Gasteiger partial charge in [0.2, 0.25) is 5.91 Å². The Morgan fingerprint density at radius 1 is 1.43 bits per heavy atom. The first kappa shape index (κ1) is 16.3. The van der Waals surface area contributed by atoms with Crippen molar-refractivity contribution >= 4 is 23.2 Å².